The van der Waals surface area contributed by atoms with Crippen LogP contribution in [0.25, 0.3) is 22.3 Å². The Balaban J connectivity index is 2.14. The molecule has 0 saturated carbocycles. The summed E-state index contributed by atoms with van der Waals surface area (Å²) in [6.07, 6.45) is 1.89. The second kappa shape index (κ2) is 3.74. The molecule has 0 unspecified atom stereocenters. The van der Waals surface area contributed by atoms with Gasteiger partial charge in [0, 0.05) is 17.3 Å². The summed E-state index contributed by atoms with van der Waals surface area (Å²) < 4.78 is 0. The van der Waals surface area contributed by atoms with Gasteiger partial charge in [-0.15, -0.1) is 0 Å². The number of aryl methyl sites for hydroxylation is 2. The van der Waals surface area contributed by atoms with E-state index in [0.29, 0.717) is 0 Å². The molecule has 2 nitrogen and oxygen atoms in total. The summed E-state index contributed by atoms with van der Waals surface area (Å²) in [5, 5.41) is 1.17. The fraction of sp³-hybridized carbons (Fsp3) is 0.133. The minimum Gasteiger partial charge on any atom is -0.339 e. The van der Waals surface area contributed by atoms with Crippen molar-refractivity contribution in [2.45, 2.75) is 13.8 Å². The molecule has 0 fully saturated rings. The van der Waals surface area contributed by atoms with Crippen molar-refractivity contribution in [1.82, 2.24) is 9.97 Å². The Morgan fingerprint density at radius 1 is 0.941 bits per heavy atom. The summed E-state index contributed by atoms with van der Waals surface area (Å²) in [6.45, 7) is 4.16. The van der Waals surface area contributed by atoms with Gasteiger partial charge in [-0.2, -0.15) is 0 Å². The monoisotopic (exact) mass is 222 g/mol. The maximum absolute atomic E-state index is 4.39. The van der Waals surface area contributed by atoms with Crippen molar-refractivity contribution in [2.75, 3.05) is 0 Å². The third kappa shape index (κ3) is 1.82. The molecule has 17 heavy (non-hydrogen) atoms. The van der Waals surface area contributed by atoms with E-state index in [0.717, 1.165) is 11.3 Å². The number of nitrogens with zero attached hydrogens (tertiary/aromatic N) is 1. The van der Waals surface area contributed by atoms with Gasteiger partial charge in [-0.05, 0) is 37.1 Å². The van der Waals surface area contributed by atoms with E-state index in [2.05, 4.69) is 60.2 Å². The minimum atomic E-state index is 0.950. The van der Waals surface area contributed by atoms with Gasteiger partial charge in [-0.3, -0.25) is 0 Å². The van der Waals surface area contributed by atoms with Gasteiger partial charge in [0.2, 0.25) is 0 Å². The van der Waals surface area contributed by atoms with Crippen LogP contribution in [0.15, 0.2) is 42.6 Å². The lowest BCUT2D eigenvalue weighted by molar-refractivity contribution is 1.29. The molecule has 2 aromatic heterocycles. The highest BCUT2D eigenvalue weighted by Gasteiger charge is 2.03. The molecule has 0 aliphatic rings. The average molecular weight is 222 g/mol. The second-order valence-electron chi connectivity index (χ2n) is 4.50. The van der Waals surface area contributed by atoms with E-state index in [1.165, 1.54) is 22.1 Å². The standard InChI is InChI=1S/C15H14N2/c1-10-3-5-12(6-4-10)14-8-13-7-11(2)9-16-15(13)17-14/h3-9H,1-2H3,(H,16,17). The SMILES string of the molecule is Cc1ccc(-c2cc3cc(C)cnc3[nH]2)cc1. The number of fused-ring (bicyclic) bond motifs is 1. The minimum absolute atomic E-state index is 0.950. The fourth-order valence-electron chi connectivity index (χ4n) is 2.01. The zero-order valence-electron chi connectivity index (χ0n) is 9.99. The van der Waals surface area contributed by atoms with Crippen LogP contribution in [0.1, 0.15) is 11.1 Å². The van der Waals surface area contributed by atoms with E-state index in [1.54, 1.807) is 0 Å². The molecule has 0 spiro atoms. The third-order valence-electron chi connectivity index (χ3n) is 2.97. The maximum atomic E-state index is 4.39. The Morgan fingerprint density at radius 3 is 2.47 bits per heavy atom. The Bertz CT molecular complexity index is 663. The third-order valence-corrected chi connectivity index (χ3v) is 2.97. The lowest BCUT2D eigenvalue weighted by Crippen LogP contribution is -1.79. The quantitative estimate of drug-likeness (QED) is 0.665. The molecular weight excluding hydrogens is 208 g/mol. The van der Waals surface area contributed by atoms with Crippen molar-refractivity contribution >= 4 is 11.0 Å². The van der Waals surface area contributed by atoms with Crippen molar-refractivity contribution in [3.05, 3.63) is 53.7 Å². The van der Waals surface area contributed by atoms with Gasteiger partial charge < -0.3 is 4.98 Å². The number of aromatic nitrogens is 2. The first-order chi connectivity index (χ1) is 8.22. The normalized spacial score (nSPS) is 10.9. The summed E-state index contributed by atoms with van der Waals surface area (Å²) in [4.78, 5) is 7.74. The average Bonchev–Trinajstić information content (AvgIpc) is 2.72. The van der Waals surface area contributed by atoms with Crippen LogP contribution in [0.5, 0.6) is 0 Å². The summed E-state index contributed by atoms with van der Waals surface area (Å²) in [5.41, 5.74) is 5.74. The molecule has 0 aliphatic heterocycles. The van der Waals surface area contributed by atoms with E-state index in [9.17, 15) is 0 Å². The number of H-pyrrole nitrogens is 1. The zero-order chi connectivity index (χ0) is 11.8. The first kappa shape index (κ1) is 10.1. The molecule has 2 heteroatoms. The summed E-state index contributed by atoms with van der Waals surface area (Å²) >= 11 is 0. The van der Waals surface area contributed by atoms with Crippen molar-refractivity contribution < 1.29 is 0 Å². The lowest BCUT2D eigenvalue weighted by Gasteiger charge is -1.97. The van der Waals surface area contributed by atoms with Gasteiger partial charge in [-0.1, -0.05) is 29.8 Å². The van der Waals surface area contributed by atoms with Crippen LogP contribution in [0, 0.1) is 13.8 Å². The van der Waals surface area contributed by atoms with Gasteiger partial charge >= 0.3 is 0 Å². The fourth-order valence-corrected chi connectivity index (χ4v) is 2.01. The molecule has 3 aromatic rings. The topological polar surface area (TPSA) is 28.7 Å². The molecule has 0 aliphatic carbocycles. The van der Waals surface area contributed by atoms with Crippen molar-refractivity contribution in [1.29, 1.82) is 0 Å². The largest absolute Gasteiger partial charge is 0.339 e. The van der Waals surface area contributed by atoms with E-state index < -0.39 is 0 Å². The van der Waals surface area contributed by atoms with E-state index in [-0.39, 0.29) is 0 Å². The number of hydrogen-bond acceptors (Lipinski definition) is 1. The lowest BCUT2D eigenvalue weighted by atomic mass is 10.1. The van der Waals surface area contributed by atoms with E-state index in [4.69, 9.17) is 0 Å². The zero-order valence-corrected chi connectivity index (χ0v) is 9.99. The van der Waals surface area contributed by atoms with Crippen LogP contribution in [-0.4, -0.2) is 9.97 Å². The number of nitrogens with one attached hydrogen (secondary N) is 1. The molecular formula is C15H14N2. The number of hydrogen-bond donors (Lipinski definition) is 1. The number of aromatic amines is 1. The van der Waals surface area contributed by atoms with Crippen LogP contribution >= 0.6 is 0 Å². The maximum Gasteiger partial charge on any atom is 0.137 e. The summed E-state index contributed by atoms with van der Waals surface area (Å²) in [5.74, 6) is 0. The molecule has 2 heterocycles. The molecule has 0 radical (unpaired) electrons. The molecule has 0 amide bonds. The summed E-state index contributed by atoms with van der Waals surface area (Å²) in [7, 11) is 0. The summed E-state index contributed by atoms with van der Waals surface area (Å²) in [6, 6.07) is 12.8. The van der Waals surface area contributed by atoms with Crippen molar-refractivity contribution in [3.63, 3.8) is 0 Å². The Kier molecular flexibility index (Phi) is 2.22. The molecule has 0 atom stereocenters. The van der Waals surface area contributed by atoms with Crippen LogP contribution in [0.4, 0.5) is 0 Å². The highest BCUT2D eigenvalue weighted by molar-refractivity contribution is 5.83. The number of pyridine rings is 1. The smallest absolute Gasteiger partial charge is 0.137 e. The van der Waals surface area contributed by atoms with Gasteiger partial charge in [0.25, 0.3) is 0 Å². The predicted molar refractivity (Wildman–Crippen MR) is 71.0 cm³/mol. The van der Waals surface area contributed by atoms with Crippen LogP contribution in [0.3, 0.4) is 0 Å². The number of rotatable bonds is 1. The highest BCUT2D eigenvalue weighted by Crippen LogP contribution is 2.23. The highest BCUT2D eigenvalue weighted by atomic mass is 14.9. The van der Waals surface area contributed by atoms with Crippen LogP contribution in [-0.2, 0) is 0 Å². The second-order valence-corrected chi connectivity index (χ2v) is 4.50. The van der Waals surface area contributed by atoms with E-state index >= 15 is 0 Å². The Hall–Kier alpha value is -2.09. The molecule has 0 bridgehead atoms. The van der Waals surface area contributed by atoms with Gasteiger partial charge in [0.1, 0.15) is 5.65 Å². The molecule has 1 aromatic carbocycles. The van der Waals surface area contributed by atoms with Crippen LogP contribution < -0.4 is 0 Å². The molecule has 1 N–H and O–H groups in total. The van der Waals surface area contributed by atoms with Crippen LogP contribution in [0.2, 0.25) is 0 Å². The van der Waals surface area contributed by atoms with E-state index in [1.807, 2.05) is 6.20 Å². The first-order valence-corrected chi connectivity index (χ1v) is 5.75. The van der Waals surface area contributed by atoms with Gasteiger partial charge in [0.15, 0.2) is 0 Å². The predicted octanol–water partition coefficient (Wildman–Crippen LogP) is 3.85. The first-order valence-electron chi connectivity index (χ1n) is 5.75. The molecule has 3 rings (SSSR count). The van der Waals surface area contributed by atoms with Crippen molar-refractivity contribution in [2.24, 2.45) is 0 Å². The number of benzene rings is 1. The molecule has 0 saturated heterocycles. The Morgan fingerprint density at radius 2 is 1.71 bits per heavy atom. The van der Waals surface area contributed by atoms with Crippen molar-refractivity contribution in [3.8, 4) is 11.3 Å². The Labute approximate surface area is 100 Å². The van der Waals surface area contributed by atoms with Gasteiger partial charge in [-0.25, -0.2) is 4.98 Å². The molecule has 84 valence electrons. The van der Waals surface area contributed by atoms with Gasteiger partial charge in [0.05, 0.1) is 0 Å².